The summed E-state index contributed by atoms with van der Waals surface area (Å²) in [5.41, 5.74) is 5.82. The average molecular weight is 413 g/mol. The minimum atomic E-state index is -1.16. The van der Waals surface area contributed by atoms with E-state index < -0.39 is 23.4 Å². The van der Waals surface area contributed by atoms with Crippen LogP contribution in [-0.2, 0) is 20.8 Å². The molecule has 0 radical (unpaired) electrons. The number of hydrogen-bond acceptors (Lipinski definition) is 8. The molecule has 0 saturated carbocycles. The van der Waals surface area contributed by atoms with Gasteiger partial charge in [0, 0.05) is 17.9 Å². The number of amides is 1. The molecule has 12 heteroatoms. The number of nitrogens with two attached hydrogens (primary N) is 1. The van der Waals surface area contributed by atoms with Crippen molar-refractivity contribution in [3.8, 4) is 0 Å². The molecule has 146 valence electrons. The smallest absolute Gasteiger partial charge is 0.352 e. The summed E-state index contributed by atoms with van der Waals surface area (Å²) in [5, 5.41) is 29.5. The minimum absolute atomic E-state index is 0.0159. The molecule has 10 nitrogen and oxygen atoms in total. The molecule has 1 unspecified atom stereocenters. The van der Waals surface area contributed by atoms with E-state index in [0.29, 0.717) is 27.8 Å². The number of carbonyl (C=O) groups excluding carboxylic acids is 1. The zero-order valence-corrected chi connectivity index (χ0v) is 16.3. The molecule has 0 bridgehead atoms. The van der Waals surface area contributed by atoms with Crippen molar-refractivity contribution in [1.29, 1.82) is 0 Å². The standard InChI is InChI=1S/C15H19N5O5S2/c1-15(2,14(24)25)3-7-10(18-19-17-7)26-4-6-5-27-12-8(16)11(21)20(12)9(6)13(22)23/h8,12H,3-5,16H2,1-2H3,(H,22,23)(H,24,25)(H,17,18,19)/t8?,12-/m1/s1. The van der Waals surface area contributed by atoms with Gasteiger partial charge in [0.2, 0.25) is 5.91 Å². The van der Waals surface area contributed by atoms with E-state index in [4.69, 9.17) is 5.73 Å². The molecule has 1 aromatic heterocycles. The summed E-state index contributed by atoms with van der Waals surface area (Å²) in [6.45, 7) is 3.19. The van der Waals surface area contributed by atoms with Crippen LogP contribution in [0.25, 0.3) is 0 Å². The van der Waals surface area contributed by atoms with Gasteiger partial charge in [0.05, 0.1) is 11.1 Å². The highest BCUT2D eigenvalue weighted by Gasteiger charge is 2.51. The first-order valence-corrected chi connectivity index (χ1v) is 10.1. The Morgan fingerprint density at radius 3 is 2.78 bits per heavy atom. The number of aromatic amines is 1. The van der Waals surface area contributed by atoms with E-state index in [-0.39, 0.29) is 23.4 Å². The van der Waals surface area contributed by atoms with Crippen LogP contribution >= 0.6 is 23.5 Å². The lowest BCUT2D eigenvalue weighted by Gasteiger charge is -2.48. The van der Waals surface area contributed by atoms with Crippen LogP contribution in [0.1, 0.15) is 19.5 Å². The summed E-state index contributed by atoms with van der Waals surface area (Å²) < 4.78 is 0. The van der Waals surface area contributed by atoms with Crippen molar-refractivity contribution in [2.75, 3.05) is 11.5 Å². The highest BCUT2D eigenvalue weighted by atomic mass is 32.2. The highest BCUT2D eigenvalue weighted by Crippen LogP contribution is 2.41. The molecule has 1 fully saturated rings. The molecular formula is C15H19N5O5S2. The Balaban J connectivity index is 1.77. The second-order valence-electron chi connectivity index (χ2n) is 6.94. The number of aliphatic carboxylic acids is 2. The van der Waals surface area contributed by atoms with Gasteiger partial charge in [-0.05, 0) is 19.4 Å². The van der Waals surface area contributed by atoms with Crippen molar-refractivity contribution >= 4 is 41.4 Å². The van der Waals surface area contributed by atoms with Crippen LogP contribution in [0.4, 0.5) is 0 Å². The Hall–Kier alpha value is -2.05. The van der Waals surface area contributed by atoms with Gasteiger partial charge < -0.3 is 15.9 Å². The van der Waals surface area contributed by atoms with Gasteiger partial charge in [0.25, 0.3) is 0 Å². The number of nitrogens with one attached hydrogen (secondary N) is 1. The van der Waals surface area contributed by atoms with Crippen molar-refractivity contribution in [2.24, 2.45) is 11.1 Å². The Morgan fingerprint density at radius 1 is 1.44 bits per heavy atom. The number of carboxylic acid groups (broad SMARTS) is 2. The zero-order valence-electron chi connectivity index (χ0n) is 14.6. The normalized spacial score (nSPS) is 22.5. The maximum absolute atomic E-state index is 12.0. The van der Waals surface area contributed by atoms with Crippen LogP contribution in [0, 0.1) is 5.41 Å². The highest BCUT2D eigenvalue weighted by molar-refractivity contribution is 8.01. The Morgan fingerprint density at radius 2 is 2.15 bits per heavy atom. The quantitative estimate of drug-likeness (QED) is 0.357. The van der Waals surface area contributed by atoms with Gasteiger partial charge >= 0.3 is 11.9 Å². The molecule has 0 aromatic carbocycles. The van der Waals surface area contributed by atoms with Gasteiger partial charge in [0.1, 0.15) is 22.1 Å². The molecule has 1 amide bonds. The molecule has 0 aliphatic carbocycles. The molecule has 1 aromatic rings. The lowest BCUT2D eigenvalue weighted by molar-refractivity contribution is -0.147. The number of rotatable bonds is 7. The number of nitrogens with zero attached hydrogens (tertiary/aromatic N) is 3. The van der Waals surface area contributed by atoms with Gasteiger partial charge in [-0.15, -0.1) is 28.6 Å². The molecule has 3 rings (SSSR count). The third kappa shape index (κ3) is 3.56. The minimum Gasteiger partial charge on any atom is -0.481 e. The fraction of sp³-hybridized carbons (Fsp3) is 0.533. The monoisotopic (exact) mass is 413 g/mol. The molecule has 27 heavy (non-hydrogen) atoms. The van der Waals surface area contributed by atoms with Crippen LogP contribution < -0.4 is 5.73 Å². The van der Waals surface area contributed by atoms with Gasteiger partial charge in [-0.1, -0.05) is 5.21 Å². The maximum Gasteiger partial charge on any atom is 0.352 e. The third-order valence-electron chi connectivity index (χ3n) is 4.45. The number of aromatic nitrogens is 3. The Labute approximate surface area is 162 Å². The van der Waals surface area contributed by atoms with Crippen molar-refractivity contribution < 1.29 is 24.6 Å². The van der Waals surface area contributed by atoms with Crippen molar-refractivity contribution in [1.82, 2.24) is 20.3 Å². The van der Waals surface area contributed by atoms with Crippen molar-refractivity contribution in [3.63, 3.8) is 0 Å². The zero-order chi connectivity index (χ0) is 19.9. The first-order valence-electron chi connectivity index (χ1n) is 8.05. The van der Waals surface area contributed by atoms with E-state index in [1.807, 2.05) is 0 Å². The fourth-order valence-corrected chi connectivity index (χ4v) is 5.18. The van der Waals surface area contributed by atoms with Gasteiger partial charge in [-0.3, -0.25) is 19.6 Å². The molecule has 5 N–H and O–H groups in total. The first kappa shape index (κ1) is 19.7. The summed E-state index contributed by atoms with van der Waals surface area (Å²) in [6.07, 6.45) is 0.183. The van der Waals surface area contributed by atoms with E-state index in [0.717, 1.165) is 0 Å². The van der Waals surface area contributed by atoms with Crippen LogP contribution in [0.3, 0.4) is 0 Å². The van der Waals surface area contributed by atoms with E-state index in [1.54, 1.807) is 13.8 Å². The van der Waals surface area contributed by atoms with E-state index in [9.17, 15) is 24.6 Å². The summed E-state index contributed by atoms with van der Waals surface area (Å²) >= 11 is 2.72. The number of hydrogen-bond donors (Lipinski definition) is 4. The van der Waals surface area contributed by atoms with E-state index >= 15 is 0 Å². The second-order valence-corrected chi connectivity index (χ2v) is 9.03. The number of carboxylic acids is 2. The van der Waals surface area contributed by atoms with Crippen LogP contribution in [0.2, 0.25) is 0 Å². The third-order valence-corrected chi connectivity index (χ3v) is 6.92. The van der Waals surface area contributed by atoms with Crippen LogP contribution in [-0.4, -0.2) is 71.3 Å². The summed E-state index contributed by atoms with van der Waals surface area (Å²) in [7, 11) is 0. The van der Waals surface area contributed by atoms with Crippen molar-refractivity contribution in [3.05, 3.63) is 17.0 Å². The van der Waals surface area contributed by atoms with Crippen LogP contribution in [0.15, 0.2) is 16.3 Å². The molecule has 0 spiro atoms. The summed E-state index contributed by atoms with van der Waals surface area (Å²) in [4.78, 5) is 36.2. The van der Waals surface area contributed by atoms with E-state index in [2.05, 4.69) is 15.4 Å². The van der Waals surface area contributed by atoms with Gasteiger partial charge in [0.15, 0.2) is 0 Å². The van der Waals surface area contributed by atoms with Gasteiger partial charge in [-0.25, -0.2) is 4.79 Å². The largest absolute Gasteiger partial charge is 0.481 e. The number of fused-ring (bicyclic) bond motifs is 1. The number of H-pyrrole nitrogens is 1. The molecule has 2 aliphatic heterocycles. The number of thioether (sulfide) groups is 2. The van der Waals surface area contributed by atoms with Crippen LogP contribution in [0.5, 0.6) is 0 Å². The topological polar surface area (TPSA) is 162 Å². The summed E-state index contributed by atoms with van der Waals surface area (Å²) in [5.74, 6) is -1.73. The molecule has 3 heterocycles. The molecular weight excluding hydrogens is 394 g/mol. The lowest BCUT2D eigenvalue weighted by Crippen LogP contribution is -2.68. The Kier molecular flexibility index (Phi) is 5.23. The first-order chi connectivity index (χ1) is 12.6. The SMILES string of the molecule is CC(C)(Cc1nn[nH]c1SCC1=C(C(=O)O)N2C(=O)C(N)[C@H]2SC1)C(=O)O. The average Bonchev–Trinajstić information content (AvgIpc) is 3.04. The molecule has 2 aliphatic rings. The summed E-state index contributed by atoms with van der Waals surface area (Å²) in [6, 6.07) is -0.666. The number of β-lactam (4-membered cyclic amide) rings is 1. The predicted octanol–water partition coefficient (Wildman–Crippen LogP) is 0.131. The van der Waals surface area contributed by atoms with Crippen molar-refractivity contribution in [2.45, 2.75) is 36.7 Å². The molecule has 1 saturated heterocycles. The lowest BCUT2D eigenvalue weighted by atomic mass is 9.88. The van der Waals surface area contributed by atoms with E-state index in [1.165, 1.54) is 28.4 Å². The maximum atomic E-state index is 12.0. The molecule has 2 atom stereocenters. The predicted molar refractivity (Wildman–Crippen MR) is 98.0 cm³/mol. The van der Waals surface area contributed by atoms with Gasteiger partial charge in [-0.2, -0.15) is 0 Å². The Bertz CT molecular complexity index is 836. The second kappa shape index (κ2) is 7.17. The fourth-order valence-electron chi connectivity index (χ4n) is 2.82. The number of carbonyl (C=O) groups is 3.